The molecule has 0 aromatic carbocycles. The molecule has 0 aliphatic heterocycles. The monoisotopic (exact) mass is 505 g/mol. The summed E-state index contributed by atoms with van der Waals surface area (Å²) in [7, 11) is -1.40. The molecule has 0 heterocycles. The van der Waals surface area contributed by atoms with Gasteiger partial charge >= 0.3 is 0 Å². The summed E-state index contributed by atoms with van der Waals surface area (Å²) in [5.41, 5.74) is 3.59. The molecule has 0 aromatic rings. The maximum absolute atomic E-state index is 6.57. The van der Waals surface area contributed by atoms with Crippen molar-refractivity contribution in [1.29, 1.82) is 0 Å². The van der Waals surface area contributed by atoms with E-state index in [1.54, 1.807) is 12.7 Å². The van der Waals surface area contributed by atoms with E-state index in [-0.39, 0.29) is 0 Å². The van der Waals surface area contributed by atoms with Crippen molar-refractivity contribution in [2.24, 2.45) is 39.7 Å². The number of allylic oxidation sites excluding steroid dienone is 1. The highest BCUT2D eigenvalue weighted by atomic mass is 28.4. The Morgan fingerprint density at radius 3 is 2.35 bits per heavy atom. The molecular weight excluding hydrogens is 454 g/mol. The number of hydrogen-bond donors (Lipinski definition) is 0. The molecule has 194 valence electrons. The number of hydrogen-bond acceptors (Lipinski definition) is 4. The minimum Gasteiger partial charge on any atom is -0.414 e. The fraction of sp³-hybridized carbons (Fsp3) is 0.893. The zero-order valence-electron chi connectivity index (χ0n) is 23.5. The average Bonchev–Trinajstić information content (AvgIpc) is 3.07. The normalized spacial score (nSPS) is 40.8. The maximum atomic E-state index is 6.57. The van der Waals surface area contributed by atoms with Gasteiger partial charge in [-0.15, -0.1) is 0 Å². The van der Waals surface area contributed by atoms with Crippen LogP contribution in [0.4, 0.5) is 0 Å². The van der Waals surface area contributed by atoms with E-state index < -0.39 is 16.6 Å². The van der Waals surface area contributed by atoms with Crippen molar-refractivity contribution in [2.75, 3.05) is 13.7 Å². The van der Waals surface area contributed by atoms with Gasteiger partial charge in [-0.2, -0.15) is 0 Å². The zero-order chi connectivity index (χ0) is 24.9. The van der Waals surface area contributed by atoms with Crippen LogP contribution in [0.25, 0.3) is 0 Å². The second kappa shape index (κ2) is 9.46. The molecule has 0 aromatic heterocycles. The number of rotatable bonds is 7. The molecule has 4 aliphatic rings. The number of fused-ring (bicyclic) bond motifs is 5. The van der Waals surface area contributed by atoms with Gasteiger partial charge in [0.2, 0.25) is 0 Å². The maximum Gasteiger partial charge on any atom is 0.184 e. The van der Waals surface area contributed by atoms with Crippen molar-refractivity contribution in [2.45, 2.75) is 111 Å². The Labute approximate surface area is 211 Å². The van der Waals surface area contributed by atoms with Crippen LogP contribution in [0, 0.1) is 34.5 Å². The van der Waals surface area contributed by atoms with E-state index in [1.807, 2.05) is 0 Å². The first-order chi connectivity index (χ1) is 15.8. The fourth-order valence-electron chi connectivity index (χ4n) is 8.37. The zero-order valence-corrected chi connectivity index (χ0v) is 25.5. The summed E-state index contributed by atoms with van der Waals surface area (Å²) in [5, 5.41) is 4.56. The van der Waals surface area contributed by atoms with Crippen LogP contribution in [0.15, 0.2) is 16.8 Å². The van der Waals surface area contributed by atoms with E-state index in [0.29, 0.717) is 29.5 Å². The molecule has 0 bridgehead atoms. The van der Waals surface area contributed by atoms with Crippen molar-refractivity contribution in [1.82, 2.24) is 0 Å². The van der Waals surface area contributed by atoms with Crippen molar-refractivity contribution < 1.29 is 13.7 Å². The van der Waals surface area contributed by atoms with Crippen molar-refractivity contribution in [3.8, 4) is 0 Å². The Bertz CT molecular complexity index is 813. The molecule has 0 saturated heterocycles. The molecule has 4 aliphatic carbocycles. The van der Waals surface area contributed by atoms with Crippen LogP contribution < -0.4 is 0 Å². The Balaban J connectivity index is 1.53. The highest BCUT2D eigenvalue weighted by Gasteiger charge is 2.59. The van der Waals surface area contributed by atoms with Crippen LogP contribution in [0.5, 0.6) is 0 Å². The molecule has 34 heavy (non-hydrogen) atoms. The van der Waals surface area contributed by atoms with E-state index in [4.69, 9.17) is 13.7 Å². The summed E-state index contributed by atoms with van der Waals surface area (Å²) in [6, 6.07) is 0. The van der Waals surface area contributed by atoms with Crippen molar-refractivity contribution in [3.63, 3.8) is 0 Å². The SMILES string of the molecule is CO/N=C(\CO[Si](C)(C)C)[C@H]1CC[C@H]2[C@@H]3CC=C4CC(O[Si](C)(C)C)CC[C@]4(C)[C@H]3CC[C@]12C. The molecule has 1 unspecified atom stereocenters. The molecule has 3 fully saturated rings. The lowest BCUT2D eigenvalue weighted by Crippen LogP contribution is -2.51. The van der Waals surface area contributed by atoms with E-state index in [2.05, 4.69) is 64.4 Å². The van der Waals surface area contributed by atoms with Crippen LogP contribution in [0.3, 0.4) is 0 Å². The second-order valence-corrected chi connectivity index (χ2v) is 23.2. The molecule has 4 rings (SSSR count). The summed E-state index contributed by atoms with van der Waals surface area (Å²) >= 11 is 0. The summed E-state index contributed by atoms with van der Waals surface area (Å²) in [5.74, 6) is 2.93. The van der Waals surface area contributed by atoms with Crippen molar-refractivity contribution in [3.05, 3.63) is 11.6 Å². The van der Waals surface area contributed by atoms with Gasteiger partial charge in [0.05, 0.1) is 12.3 Å². The minimum absolute atomic E-state index is 0.321. The lowest BCUT2D eigenvalue weighted by Gasteiger charge is -2.58. The minimum atomic E-state index is -1.60. The van der Waals surface area contributed by atoms with Gasteiger partial charge in [-0.3, -0.25) is 0 Å². The predicted molar refractivity (Wildman–Crippen MR) is 147 cm³/mol. The summed E-state index contributed by atoms with van der Waals surface area (Å²) in [4.78, 5) is 5.35. The highest BCUT2D eigenvalue weighted by Crippen LogP contribution is 2.66. The smallest absolute Gasteiger partial charge is 0.184 e. The van der Waals surface area contributed by atoms with E-state index >= 15 is 0 Å². The van der Waals surface area contributed by atoms with Gasteiger partial charge in [0.15, 0.2) is 16.6 Å². The molecule has 4 nitrogen and oxygen atoms in total. The van der Waals surface area contributed by atoms with E-state index in [0.717, 1.165) is 23.5 Å². The van der Waals surface area contributed by atoms with Crippen LogP contribution in [-0.2, 0) is 13.7 Å². The molecule has 3 saturated carbocycles. The van der Waals surface area contributed by atoms with Gasteiger partial charge in [-0.05, 0) is 119 Å². The quantitative estimate of drug-likeness (QED) is 0.154. The standard InChI is InChI=1S/C28H51NO3Si2/c1-27-16-14-21(32-34(7,8)9)18-20(27)10-11-22-23-12-13-25(28(23,2)17-15-24(22)27)26(29-30-3)19-31-33(4,5)6/h10,21-25H,11-19H2,1-9H3/b29-26+/t21?,22-,23-,24-,25+,27-,28-/m0/s1. The second-order valence-electron chi connectivity index (χ2n) is 14.2. The van der Waals surface area contributed by atoms with Crippen LogP contribution >= 0.6 is 0 Å². The first-order valence-corrected chi connectivity index (χ1v) is 20.7. The third-order valence-electron chi connectivity index (χ3n) is 9.84. The van der Waals surface area contributed by atoms with Crippen molar-refractivity contribution >= 4 is 22.3 Å². The number of nitrogens with zero attached hydrogens (tertiary/aromatic N) is 1. The van der Waals surface area contributed by atoms with E-state index in [1.165, 1.54) is 51.4 Å². The Morgan fingerprint density at radius 1 is 0.971 bits per heavy atom. The highest BCUT2D eigenvalue weighted by molar-refractivity contribution is 6.70. The fourth-order valence-corrected chi connectivity index (χ4v) is 10.2. The Kier molecular flexibility index (Phi) is 7.41. The van der Waals surface area contributed by atoms with Gasteiger partial charge in [0, 0.05) is 12.0 Å². The molecule has 0 N–H and O–H groups in total. The van der Waals surface area contributed by atoms with Gasteiger partial charge in [0.1, 0.15) is 7.11 Å². The first kappa shape index (κ1) is 26.6. The van der Waals surface area contributed by atoms with E-state index in [9.17, 15) is 0 Å². The largest absolute Gasteiger partial charge is 0.414 e. The summed E-state index contributed by atoms with van der Waals surface area (Å²) in [6.45, 7) is 19.6. The van der Waals surface area contributed by atoms with Gasteiger partial charge in [-0.25, -0.2) is 0 Å². The van der Waals surface area contributed by atoms with Crippen LogP contribution in [0.2, 0.25) is 39.3 Å². The van der Waals surface area contributed by atoms with Gasteiger partial charge in [0.25, 0.3) is 0 Å². The third-order valence-corrected chi connectivity index (χ3v) is 11.9. The molecule has 0 spiro atoms. The molecule has 0 radical (unpaired) electrons. The molecular formula is C28H51NO3Si2. The predicted octanol–water partition coefficient (Wildman–Crippen LogP) is 7.64. The Hall–Kier alpha value is -0.436. The van der Waals surface area contributed by atoms with Gasteiger partial charge < -0.3 is 13.7 Å². The average molecular weight is 506 g/mol. The summed E-state index contributed by atoms with van der Waals surface area (Å²) < 4.78 is 12.9. The lowest BCUT2D eigenvalue weighted by atomic mass is 9.47. The number of oxime groups is 1. The third kappa shape index (κ3) is 5.16. The first-order valence-electron chi connectivity index (χ1n) is 13.9. The van der Waals surface area contributed by atoms with Crippen LogP contribution in [-0.4, -0.2) is 42.2 Å². The van der Waals surface area contributed by atoms with Crippen LogP contribution in [0.1, 0.15) is 65.2 Å². The topological polar surface area (TPSA) is 40.0 Å². The molecule has 6 heteroatoms. The lowest BCUT2D eigenvalue weighted by molar-refractivity contribution is -0.0415. The molecule has 0 amide bonds. The molecule has 7 atom stereocenters. The van der Waals surface area contributed by atoms with Gasteiger partial charge in [-0.1, -0.05) is 30.7 Å². The summed E-state index contributed by atoms with van der Waals surface area (Å²) in [6.07, 6.45) is 13.3. The Morgan fingerprint density at radius 2 is 1.71 bits per heavy atom.